The number of aryl methyl sites for hydroxylation is 1. The number of morpholine rings is 1. The summed E-state index contributed by atoms with van der Waals surface area (Å²) in [5.74, 6) is 0. The first-order valence-corrected chi connectivity index (χ1v) is 9.02. The molecule has 0 bridgehead atoms. The lowest BCUT2D eigenvalue weighted by atomic mass is 10.1. The van der Waals surface area contributed by atoms with Crippen molar-refractivity contribution in [2.75, 3.05) is 31.6 Å². The molecule has 0 radical (unpaired) electrons. The van der Waals surface area contributed by atoms with Crippen LogP contribution in [0.25, 0.3) is 4.96 Å². The third-order valence-electron chi connectivity index (χ3n) is 4.11. The van der Waals surface area contributed by atoms with E-state index < -0.39 is 0 Å². The van der Waals surface area contributed by atoms with E-state index in [-0.39, 0.29) is 0 Å². The zero-order chi connectivity index (χ0) is 16.4. The van der Waals surface area contributed by atoms with Crippen molar-refractivity contribution in [3.63, 3.8) is 0 Å². The number of ether oxygens (including phenoxy) is 1. The number of benzene rings is 1. The summed E-state index contributed by atoms with van der Waals surface area (Å²) in [4.78, 5) is 7.80. The lowest BCUT2D eigenvalue weighted by molar-refractivity contribution is 0.0342. The summed E-state index contributed by atoms with van der Waals surface area (Å²) in [6, 6.07) is 8.74. The summed E-state index contributed by atoms with van der Waals surface area (Å²) in [6.45, 7) is 7.45. The molecule has 4 rings (SSSR count). The Morgan fingerprint density at radius 3 is 2.92 bits per heavy atom. The van der Waals surface area contributed by atoms with Crippen LogP contribution in [0.2, 0.25) is 0 Å². The topological polar surface area (TPSA) is 54.7 Å². The lowest BCUT2D eigenvalue weighted by Gasteiger charge is -2.26. The van der Waals surface area contributed by atoms with Crippen LogP contribution >= 0.6 is 11.3 Å². The van der Waals surface area contributed by atoms with Gasteiger partial charge in [0, 0.05) is 26.2 Å². The van der Waals surface area contributed by atoms with Crippen LogP contribution in [0.4, 0.5) is 5.13 Å². The van der Waals surface area contributed by atoms with Crippen LogP contribution in [0, 0.1) is 6.92 Å². The van der Waals surface area contributed by atoms with E-state index in [4.69, 9.17) is 4.74 Å². The van der Waals surface area contributed by atoms with Crippen molar-refractivity contribution in [3.05, 3.63) is 47.3 Å². The molecule has 6 nitrogen and oxygen atoms in total. The Balaban J connectivity index is 1.38. The minimum atomic E-state index is 0.770. The SMILES string of the molecule is Cc1cn2nc(NCc3cccc(CN4CCOCC4)c3)sc2n1. The van der Waals surface area contributed by atoms with Gasteiger partial charge in [0.05, 0.1) is 25.1 Å². The summed E-state index contributed by atoms with van der Waals surface area (Å²) in [7, 11) is 0. The van der Waals surface area contributed by atoms with Crippen LogP contribution in [0.1, 0.15) is 16.8 Å². The molecule has 0 atom stereocenters. The van der Waals surface area contributed by atoms with Gasteiger partial charge >= 0.3 is 0 Å². The van der Waals surface area contributed by atoms with Gasteiger partial charge in [-0.05, 0) is 18.1 Å². The minimum absolute atomic E-state index is 0.770. The largest absolute Gasteiger partial charge is 0.379 e. The highest BCUT2D eigenvalue weighted by molar-refractivity contribution is 7.20. The first-order chi connectivity index (χ1) is 11.8. The van der Waals surface area contributed by atoms with Gasteiger partial charge in [0.1, 0.15) is 0 Å². The van der Waals surface area contributed by atoms with E-state index in [9.17, 15) is 0 Å². The van der Waals surface area contributed by atoms with E-state index >= 15 is 0 Å². The van der Waals surface area contributed by atoms with Gasteiger partial charge in [-0.15, -0.1) is 5.10 Å². The maximum absolute atomic E-state index is 5.41. The van der Waals surface area contributed by atoms with E-state index in [0.29, 0.717) is 0 Å². The predicted octanol–water partition coefficient (Wildman–Crippen LogP) is 2.54. The van der Waals surface area contributed by atoms with Crippen molar-refractivity contribution < 1.29 is 4.74 Å². The van der Waals surface area contributed by atoms with Crippen molar-refractivity contribution in [1.82, 2.24) is 19.5 Å². The van der Waals surface area contributed by atoms with Crippen LogP contribution in [0.5, 0.6) is 0 Å². The molecule has 0 amide bonds. The summed E-state index contributed by atoms with van der Waals surface area (Å²) >= 11 is 1.58. The highest BCUT2D eigenvalue weighted by atomic mass is 32.1. The minimum Gasteiger partial charge on any atom is -0.379 e. The molecule has 3 aromatic rings. The third kappa shape index (κ3) is 3.58. The molecule has 1 saturated heterocycles. The molecule has 1 aliphatic heterocycles. The van der Waals surface area contributed by atoms with Crippen LogP contribution in [-0.2, 0) is 17.8 Å². The van der Waals surface area contributed by atoms with E-state index in [0.717, 1.165) is 55.2 Å². The molecule has 0 spiro atoms. The predicted molar refractivity (Wildman–Crippen MR) is 95.5 cm³/mol. The van der Waals surface area contributed by atoms with Gasteiger partial charge < -0.3 is 10.1 Å². The second-order valence-corrected chi connectivity index (χ2v) is 7.03. The Hall–Kier alpha value is -1.96. The molecule has 0 unspecified atom stereocenters. The van der Waals surface area contributed by atoms with Crippen molar-refractivity contribution in [2.45, 2.75) is 20.0 Å². The monoisotopic (exact) mass is 343 g/mol. The zero-order valence-electron chi connectivity index (χ0n) is 13.7. The molecule has 1 N–H and O–H groups in total. The van der Waals surface area contributed by atoms with Crippen molar-refractivity contribution in [3.8, 4) is 0 Å². The lowest BCUT2D eigenvalue weighted by Crippen LogP contribution is -2.35. The molecular weight excluding hydrogens is 322 g/mol. The fraction of sp³-hybridized carbons (Fsp3) is 0.412. The highest BCUT2D eigenvalue weighted by Gasteiger charge is 2.11. The van der Waals surface area contributed by atoms with Crippen LogP contribution < -0.4 is 5.32 Å². The Morgan fingerprint density at radius 1 is 1.25 bits per heavy atom. The normalized spacial score (nSPS) is 15.9. The maximum Gasteiger partial charge on any atom is 0.214 e. The number of nitrogens with one attached hydrogen (secondary N) is 1. The number of nitrogens with zero attached hydrogens (tertiary/aromatic N) is 4. The van der Waals surface area contributed by atoms with Gasteiger partial charge in [-0.3, -0.25) is 4.90 Å². The quantitative estimate of drug-likeness (QED) is 0.771. The fourth-order valence-electron chi connectivity index (χ4n) is 2.91. The Labute approximate surface area is 145 Å². The fourth-order valence-corrected chi connectivity index (χ4v) is 3.74. The molecule has 24 heavy (non-hydrogen) atoms. The van der Waals surface area contributed by atoms with Gasteiger partial charge in [0.15, 0.2) is 0 Å². The third-order valence-corrected chi connectivity index (χ3v) is 4.99. The molecule has 0 saturated carbocycles. The van der Waals surface area contributed by atoms with E-state index in [1.807, 2.05) is 17.6 Å². The Morgan fingerprint density at radius 2 is 2.08 bits per heavy atom. The second-order valence-electron chi connectivity index (χ2n) is 6.08. The Bertz CT molecular complexity index is 790. The molecule has 2 aromatic heterocycles. The Kier molecular flexibility index (Phi) is 4.46. The number of imidazole rings is 1. The number of hydrogen-bond acceptors (Lipinski definition) is 6. The number of fused-ring (bicyclic) bond motifs is 1. The number of rotatable bonds is 5. The molecule has 7 heteroatoms. The smallest absolute Gasteiger partial charge is 0.214 e. The van der Waals surface area contributed by atoms with Crippen LogP contribution in [0.3, 0.4) is 0 Å². The van der Waals surface area contributed by atoms with Crippen LogP contribution in [-0.4, -0.2) is 45.8 Å². The average molecular weight is 343 g/mol. The summed E-state index contributed by atoms with van der Waals surface area (Å²) in [6.07, 6.45) is 1.94. The van der Waals surface area contributed by atoms with Gasteiger partial charge in [-0.25, -0.2) is 9.50 Å². The second kappa shape index (κ2) is 6.88. The van der Waals surface area contributed by atoms with Gasteiger partial charge in [-0.1, -0.05) is 35.6 Å². The standard InChI is InChI=1S/C17H21N5OS/c1-13-11-22-17(19-13)24-16(20-22)18-10-14-3-2-4-15(9-14)12-21-5-7-23-8-6-21/h2-4,9,11H,5-8,10,12H2,1H3,(H,18,20). The molecule has 0 aliphatic carbocycles. The maximum atomic E-state index is 5.41. The van der Waals surface area contributed by atoms with Gasteiger partial charge in [0.25, 0.3) is 0 Å². The first-order valence-electron chi connectivity index (χ1n) is 8.21. The van der Waals surface area contributed by atoms with Crippen molar-refractivity contribution in [2.24, 2.45) is 0 Å². The number of anilines is 1. The number of hydrogen-bond donors (Lipinski definition) is 1. The summed E-state index contributed by atoms with van der Waals surface area (Å²) in [5.41, 5.74) is 3.61. The molecule has 1 aromatic carbocycles. The molecule has 1 aliphatic rings. The van der Waals surface area contributed by atoms with Crippen molar-refractivity contribution >= 4 is 21.4 Å². The highest BCUT2D eigenvalue weighted by Crippen LogP contribution is 2.20. The van der Waals surface area contributed by atoms with E-state index in [2.05, 4.69) is 44.6 Å². The van der Waals surface area contributed by atoms with Crippen molar-refractivity contribution in [1.29, 1.82) is 0 Å². The first kappa shape index (κ1) is 15.6. The van der Waals surface area contributed by atoms with Gasteiger partial charge in [0.2, 0.25) is 10.1 Å². The summed E-state index contributed by atoms with van der Waals surface area (Å²) < 4.78 is 7.24. The van der Waals surface area contributed by atoms with Gasteiger partial charge in [-0.2, -0.15) is 0 Å². The molecule has 1 fully saturated rings. The number of aromatic nitrogens is 3. The average Bonchev–Trinajstić information content (AvgIpc) is 3.11. The zero-order valence-corrected chi connectivity index (χ0v) is 14.6. The van der Waals surface area contributed by atoms with E-state index in [1.54, 1.807) is 11.3 Å². The van der Waals surface area contributed by atoms with Crippen LogP contribution in [0.15, 0.2) is 30.5 Å². The molecule has 126 valence electrons. The summed E-state index contributed by atoms with van der Waals surface area (Å²) in [5, 5.41) is 8.80. The van der Waals surface area contributed by atoms with E-state index in [1.165, 1.54) is 11.1 Å². The molecule has 3 heterocycles. The molecular formula is C17H21N5OS.